The van der Waals surface area contributed by atoms with Gasteiger partial charge in [0, 0.05) is 54.4 Å². The van der Waals surface area contributed by atoms with E-state index in [0.717, 1.165) is 64.3 Å². The molecule has 0 aliphatic carbocycles. The molecular formula is C26H31ClFN5OS. The highest BCUT2D eigenvalue weighted by Crippen LogP contribution is 2.45. The largest absolute Gasteiger partial charge is 0.368 e. The molecule has 0 radical (unpaired) electrons. The maximum absolute atomic E-state index is 13.5. The van der Waals surface area contributed by atoms with Gasteiger partial charge in [0.2, 0.25) is 5.91 Å². The van der Waals surface area contributed by atoms with Gasteiger partial charge in [0.25, 0.3) is 0 Å². The van der Waals surface area contributed by atoms with Crippen molar-refractivity contribution in [3.8, 4) is 0 Å². The van der Waals surface area contributed by atoms with Crippen LogP contribution in [0.3, 0.4) is 0 Å². The van der Waals surface area contributed by atoms with Crippen molar-refractivity contribution in [3.05, 3.63) is 58.2 Å². The fourth-order valence-electron chi connectivity index (χ4n) is 4.35. The van der Waals surface area contributed by atoms with E-state index in [4.69, 9.17) is 11.6 Å². The number of benzene rings is 1. The lowest BCUT2D eigenvalue weighted by molar-refractivity contribution is -0.122. The molecule has 35 heavy (non-hydrogen) atoms. The molecule has 1 saturated heterocycles. The van der Waals surface area contributed by atoms with Gasteiger partial charge in [-0.25, -0.2) is 9.38 Å². The van der Waals surface area contributed by atoms with Crippen molar-refractivity contribution >= 4 is 57.3 Å². The predicted molar refractivity (Wildman–Crippen MR) is 145 cm³/mol. The second-order valence-corrected chi connectivity index (χ2v) is 11.3. The second-order valence-electron chi connectivity index (χ2n) is 9.87. The summed E-state index contributed by atoms with van der Waals surface area (Å²) < 4.78 is 13.5. The predicted octanol–water partition coefficient (Wildman–Crippen LogP) is 5.50. The number of carbonyl (C=O) groups is 1. The van der Waals surface area contributed by atoms with Crippen LogP contribution in [0.1, 0.15) is 36.8 Å². The second kappa shape index (κ2) is 9.66. The Balaban J connectivity index is 1.44. The van der Waals surface area contributed by atoms with Gasteiger partial charge < -0.3 is 20.0 Å². The molecule has 2 aromatic rings. The average Bonchev–Trinajstić information content (AvgIpc) is 3.13. The lowest BCUT2D eigenvalue weighted by atomic mass is 10.1. The summed E-state index contributed by atoms with van der Waals surface area (Å²) in [6, 6.07) is 4.85. The van der Waals surface area contributed by atoms with Gasteiger partial charge in [-0.1, -0.05) is 24.8 Å². The minimum atomic E-state index is -0.405. The fraction of sp³-hybridized carbons (Fsp3) is 0.385. The molecule has 6 nitrogen and oxygen atoms in total. The van der Waals surface area contributed by atoms with Crippen LogP contribution in [0.15, 0.2) is 36.3 Å². The average molecular weight is 516 g/mol. The molecule has 1 amide bonds. The lowest BCUT2D eigenvalue weighted by Gasteiger charge is -2.38. The Labute approximate surface area is 215 Å². The van der Waals surface area contributed by atoms with Crippen LogP contribution in [0.2, 0.25) is 5.02 Å². The maximum atomic E-state index is 13.5. The molecule has 2 aliphatic heterocycles. The number of nitrogens with zero attached hydrogens (tertiary/aromatic N) is 4. The number of rotatable bonds is 5. The van der Waals surface area contributed by atoms with E-state index in [1.54, 1.807) is 34.7 Å². The van der Waals surface area contributed by atoms with E-state index in [2.05, 4.69) is 40.2 Å². The van der Waals surface area contributed by atoms with Crippen molar-refractivity contribution < 1.29 is 9.18 Å². The van der Waals surface area contributed by atoms with Crippen LogP contribution in [0, 0.1) is 12.7 Å². The molecule has 1 N–H and O–H groups in total. The van der Waals surface area contributed by atoms with Crippen LogP contribution >= 0.6 is 22.9 Å². The zero-order valence-corrected chi connectivity index (χ0v) is 22.2. The number of hydrogen-bond donors (Lipinski definition) is 1. The highest BCUT2D eigenvalue weighted by atomic mass is 35.5. The third kappa shape index (κ3) is 5.38. The van der Waals surface area contributed by atoms with Crippen LogP contribution in [0.25, 0.3) is 11.4 Å². The van der Waals surface area contributed by atoms with Gasteiger partial charge in [-0.15, -0.1) is 11.3 Å². The molecule has 0 atom stereocenters. The van der Waals surface area contributed by atoms with Gasteiger partial charge in [0.1, 0.15) is 17.4 Å². The maximum Gasteiger partial charge on any atom is 0.240 e. The zero-order chi connectivity index (χ0) is 25.5. The monoisotopic (exact) mass is 515 g/mol. The summed E-state index contributed by atoms with van der Waals surface area (Å²) in [5.74, 6) is -0.483. The Morgan fingerprint density at radius 3 is 2.57 bits per heavy atom. The molecule has 1 aromatic carbocycles. The summed E-state index contributed by atoms with van der Waals surface area (Å²) in [6.07, 6.45) is 1.68. The Morgan fingerprint density at radius 1 is 1.26 bits per heavy atom. The number of amides is 1. The van der Waals surface area contributed by atoms with Crippen LogP contribution in [-0.4, -0.2) is 60.3 Å². The highest BCUT2D eigenvalue weighted by Gasteiger charge is 2.28. The van der Waals surface area contributed by atoms with E-state index < -0.39 is 5.82 Å². The van der Waals surface area contributed by atoms with Crippen molar-refractivity contribution in [1.29, 1.82) is 0 Å². The first-order chi connectivity index (χ1) is 16.4. The van der Waals surface area contributed by atoms with E-state index in [9.17, 15) is 9.18 Å². The number of hydrogen-bond acceptors (Lipinski definition) is 6. The molecule has 0 saturated carbocycles. The number of carbonyl (C=O) groups excluding carboxylic acids is 1. The molecule has 1 fully saturated rings. The Bertz CT molecular complexity index is 1210. The molecule has 0 spiro atoms. The molecule has 4 rings (SSSR count). The summed E-state index contributed by atoms with van der Waals surface area (Å²) in [6.45, 7) is 19.9. The Kier molecular flexibility index (Phi) is 6.97. The quantitative estimate of drug-likeness (QED) is 0.571. The topological polar surface area (TPSA) is 51.2 Å². The molecule has 0 bridgehead atoms. The van der Waals surface area contributed by atoms with E-state index in [1.807, 2.05) is 20.8 Å². The fourth-order valence-corrected chi connectivity index (χ4v) is 5.69. The van der Waals surface area contributed by atoms with Gasteiger partial charge in [-0.3, -0.25) is 4.79 Å². The van der Waals surface area contributed by atoms with Crippen molar-refractivity contribution in [2.75, 3.05) is 37.6 Å². The Morgan fingerprint density at radius 2 is 1.94 bits per heavy atom. The molecule has 1 aromatic heterocycles. The third-order valence-electron chi connectivity index (χ3n) is 6.10. The SMILES string of the molecule is C=C1c2c(sc(C(=C)N3CCN(c4ccc(F)c(Cl)c4)CC3)c2C)N=CN1CC(=O)NC(C)(C)C. The van der Waals surface area contributed by atoms with Crippen molar-refractivity contribution in [1.82, 2.24) is 15.1 Å². The van der Waals surface area contributed by atoms with Gasteiger partial charge in [-0.05, 0) is 51.5 Å². The van der Waals surface area contributed by atoms with Gasteiger partial charge in [0.05, 0.1) is 16.2 Å². The standard InChI is InChI=1S/C26H31ClFN5OS/c1-16-23-17(2)33(14-22(34)30-26(4,5)6)15-29-25(23)35-24(16)18(3)31-9-11-32(12-10-31)19-7-8-21(28)20(27)13-19/h7-8,13,15H,2-3,9-12,14H2,1,4-6H3,(H,30,34). The molecule has 186 valence electrons. The van der Waals surface area contributed by atoms with Crippen molar-refractivity contribution in [3.63, 3.8) is 0 Å². The van der Waals surface area contributed by atoms with Crippen LogP contribution < -0.4 is 10.2 Å². The summed E-state index contributed by atoms with van der Waals surface area (Å²) >= 11 is 7.57. The third-order valence-corrected chi connectivity index (χ3v) is 7.64. The molecule has 0 unspecified atom stereocenters. The first-order valence-corrected chi connectivity index (χ1v) is 12.7. The highest BCUT2D eigenvalue weighted by molar-refractivity contribution is 7.17. The van der Waals surface area contributed by atoms with E-state index in [-0.39, 0.29) is 23.0 Å². The molecule has 9 heteroatoms. The number of piperazine rings is 1. The van der Waals surface area contributed by atoms with E-state index >= 15 is 0 Å². The van der Waals surface area contributed by atoms with Crippen LogP contribution in [0.4, 0.5) is 15.1 Å². The number of thiophene rings is 1. The summed E-state index contributed by atoms with van der Waals surface area (Å²) in [7, 11) is 0. The summed E-state index contributed by atoms with van der Waals surface area (Å²) in [5.41, 5.74) is 4.39. The number of anilines is 1. The van der Waals surface area contributed by atoms with Crippen molar-refractivity contribution in [2.45, 2.75) is 33.2 Å². The molecular weight excluding hydrogens is 485 g/mol. The van der Waals surface area contributed by atoms with E-state index in [1.165, 1.54) is 6.07 Å². The van der Waals surface area contributed by atoms with E-state index in [0.29, 0.717) is 0 Å². The Hall–Kier alpha value is -2.84. The molecule has 3 heterocycles. The number of aliphatic imine (C=N–C) groups is 1. The van der Waals surface area contributed by atoms with Crippen molar-refractivity contribution in [2.24, 2.45) is 4.99 Å². The zero-order valence-electron chi connectivity index (χ0n) is 20.6. The smallest absolute Gasteiger partial charge is 0.240 e. The molecule has 2 aliphatic rings. The first kappa shape index (κ1) is 25.3. The van der Waals surface area contributed by atoms with Gasteiger partial charge >= 0.3 is 0 Å². The summed E-state index contributed by atoms with van der Waals surface area (Å²) in [5, 5.41) is 4.01. The summed E-state index contributed by atoms with van der Waals surface area (Å²) in [4.78, 5) is 24.4. The van der Waals surface area contributed by atoms with Gasteiger partial charge in [0.15, 0.2) is 0 Å². The number of halogens is 2. The minimum Gasteiger partial charge on any atom is -0.368 e. The first-order valence-electron chi connectivity index (χ1n) is 11.5. The lowest BCUT2D eigenvalue weighted by Crippen LogP contribution is -2.45. The normalized spacial score (nSPS) is 15.9. The number of fused-ring (bicyclic) bond motifs is 1. The minimum absolute atomic E-state index is 0.0774. The number of nitrogens with one attached hydrogen (secondary N) is 1. The van der Waals surface area contributed by atoms with Crippen LogP contribution in [-0.2, 0) is 4.79 Å². The van der Waals surface area contributed by atoms with Gasteiger partial charge in [-0.2, -0.15) is 0 Å². The van der Waals surface area contributed by atoms with Crippen LogP contribution in [0.5, 0.6) is 0 Å².